The molecule has 1 fully saturated rings. The molecular formula is C19H21NO. The van der Waals surface area contributed by atoms with E-state index >= 15 is 0 Å². The van der Waals surface area contributed by atoms with E-state index in [4.69, 9.17) is 0 Å². The molecule has 0 bridgehead atoms. The van der Waals surface area contributed by atoms with E-state index in [1.807, 2.05) is 38.1 Å². The third-order valence-electron chi connectivity index (χ3n) is 4.20. The first-order valence-corrected chi connectivity index (χ1v) is 7.57. The number of benzene rings is 2. The molecule has 2 aromatic rings. The summed E-state index contributed by atoms with van der Waals surface area (Å²) in [7, 11) is 0. The molecule has 3 rings (SSSR count). The maximum absolute atomic E-state index is 12.6. The molecule has 1 heterocycles. The number of rotatable bonds is 4. The van der Waals surface area contributed by atoms with Gasteiger partial charge < -0.3 is 0 Å². The van der Waals surface area contributed by atoms with E-state index in [9.17, 15) is 4.79 Å². The second-order valence-corrected chi connectivity index (χ2v) is 5.97. The van der Waals surface area contributed by atoms with Crippen molar-refractivity contribution in [2.45, 2.75) is 26.8 Å². The number of hydrogen-bond acceptors (Lipinski definition) is 2. The highest BCUT2D eigenvalue weighted by Gasteiger charge is 2.15. The van der Waals surface area contributed by atoms with Crippen molar-refractivity contribution >= 4 is 5.78 Å². The SMILES string of the molecule is Cc1ccc(C(=O)c2ccc(CN3CCC3)cc2)c(C)c1. The summed E-state index contributed by atoms with van der Waals surface area (Å²) >= 11 is 0. The quantitative estimate of drug-likeness (QED) is 0.795. The lowest BCUT2D eigenvalue weighted by Crippen LogP contribution is -2.36. The summed E-state index contributed by atoms with van der Waals surface area (Å²) in [6.07, 6.45) is 1.31. The van der Waals surface area contributed by atoms with Crippen LogP contribution in [-0.2, 0) is 6.54 Å². The Morgan fingerprint density at radius 2 is 1.76 bits per heavy atom. The third-order valence-corrected chi connectivity index (χ3v) is 4.20. The Morgan fingerprint density at radius 3 is 2.33 bits per heavy atom. The summed E-state index contributed by atoms with van der Waals surface area (Å²) in [4.78, 5) is 15.0. The highest BCUT2D eigenvalue weighted by atomic mass is 16.1. The molecule has 0 spiro atoms. The first kappa shape index (κ1) is 14.0. The number of hydrogen-bond donors (Lipinski definition) is 0. The van der Waals surface area contributed by atoms with Crippen LogP contribution in [0.1, 0.15) is 39.0 Å². The van der Waals surface area contributed by atoms with Gasteiger partial charge in [0.2, 0.25) is 0 Å². The molecule has 21 heavy (non-hydrogen) atoms. The number of aryl methyl sites for hydroxylation is 2. The Kier molecular flexibility index (Phi) is 3.89. The van der Waals surface area contributed by atoms with Crippen LogP contribution in [0.15, 0.2) is 42.5 Å². The predicted octanol–water partition coefficient (Wildman–Crippen LogP) is 3.74. The smallest absolute Gasteiger partial charge is 0.193 e. The van der Waals surface area contributed by atoms with Gasteiger partial charge in [-0.05, 0) is 44.5 Å². The average Bonchev–Trinajstić information content (AvgIpc) is 2.43. The minimum absolute atomic E-state index is 0.114. The van der Waals surface area contributed by atoms with Crippen molar-refractivity contribution in [2.24, 2.45) is 0 Å². The van der Waals surface area contributed by atoms with E-state index in [0.717, 1.165) is 23.2 Å². The summed E-state index contributed by atoms with van der Waals surface area (Å²) in [5.41, 5.74) is 5.09. The number of likely N-dealkylation sites (tertiary alicyclic amines) is 1. The molecule has 0 radical (unpaired) electrons. The molecule has 0 amide bonds. The fourth-order valence-electron chi connectivity index (χ4n) is 2.78. The normalized spacial score (nSPS) is 14.8. The zero-order valence-electron chi connectivity index (χ0n) is 12.7. The lowest BCUT2D eigenvalue weighted by atomic mass is 9.97. The van der Waals surface area contributed by atoms with Crippen LogP contribution in [0, 0.1) is 13.8 Å². The van der Waals surface area contributed by atoms with Crippen molar-refractivity contribution in [3.05, 3.63) is 70.3 Å². The molecule has 0 aliphatic carbocycles. The molecule has 1 saturated heterocycles. The summed E-state index contributed by atoms with van der Waals surface area (Å²) in [5, 5.41) is 0. The minimum atomic E-state index is 0.114. The second kappa shape index (κ2) is 5.82. The first-order valence-electron chi connectivity index (χ1n) is 7.57. The molecule has 0 saturated carbocycles. The van der Waals surface area contributed by atoms with Crippen molar-refractivity contribution in [1.82, 2.24) is 4.90 Å². The van der Waals surface area contributed by atoms with Gasteiger partial charge in [-0.1, -0.05) is 48.0 Å². The van der Waals surface area contributed by atoms with E-state index < -0.39 is 0 Å². The number of ketones is 1. The summed E-state index contributed by atoms with van der Waals surface area (Å²) in [6.45, 7) is 7.44. The van der Waals surface area contributed by atoms with Gasteiger partial charge in [-0.3, -0.25) is 9.69 Å². The van der Waals surface area contributed by atoms with E-state index in [1.165, 1.54) is 30.6 Å². The van der Waals surface area contributed by atoms with Gasteiger partial charge in [-0.25, -0.2) is 0 Å². The molecule has 1 aliphatic rings. The standard InChI is InChI=1S/C19H21NO/c1-14-4-9-18(15(2)12-14)19(21)17-7-5-16(6-8-17)13-20-10-3-11-20/h4-9,12H,3,10-11,13H2,1-2H3. The fourth-order valence-corrected chi connectivity index (χ4v) is 2.78. The monoisotopic (exact) mass is 279 g/mol. The van der Waals surface area contributed by atoms with Crippen molar-refractivity contribution in [3.8, 4) is 0 Å². The molecule has 0 atom stereocenters. The lowest BCUT2D eigenvalue weighted by Gasteiger charge is -2.30. The van der Waals surface area contributed by atoms with E-state index in [0.29, 0.717) is 0 Å². The zero-order valence-corrected chi connectivity index (χ0v) is 12.7. The Bertz CT molecular complexity index is 654. The van der Waals surface area contributed by atoms with E-state index in [-0.39, 0.29) is 5.78 Å². The fraction of sp³-hybridized carbons (Fsp3) is 0.316. The third kappa shape index (κ3) is 3.06. The van der Waals surface area contributed by atoms with Crippen LogP contribution in [0.5, 0.6) is 0 Å². The van der Waals surface area contributed by atoms with Crippen LogP contribution < -0.4 is 0 Å². The topological polar surface area (TPSA) is 20.3 Å². The van der Waals surface area contributed by atoms with Crippen molar-refractivity contribution in [2.75, 3.05) is 13.1 Å². The second-order valence-electron chi connectivity index (χ2n) is 5.97. The van der Waals surface area contributed by atoms with Crippen molar-refractivity contribution in [3.63, 3.8) is 0 Å². The molecule has 0 unspecified atom stereocenters. The van der Waals surface area contributed by atoms with Crippen LogP contribution in [0.4, 0.5) is 0 Å². The zero-order chi connectivity index (χ0) is 14.8. The molecule has 0 aromatic heterocycles. The Labute approximate surface area is 126 Å². The van der Waals surface area contributed by atoms with Crippen LogP contribution in [0.2, 0.25) is 0 Å². The van der Waals surface area contributed by atoms with Crippen molar-refractivity contribution in [1.29, 1.82) is 0 Å². The highest BCUT2D eigenvalue weighted by molar-refractivity contribution is 6.09. The number of carbonyl (C=O) groups excluding carboxylic acids is 1. The maximum Gasteiger partial charge on any atom is 0.193 e. The Hall–Kier alpha value is -1.93. The van der Waals surface area contributed by atoms with Crippen LogP contribution in [0.3, 0.4) is 0 Å². The predicted molar refractivity (Wildman–Crippen MR) is 85.7 cm³/mol. The van der Waals surface area contributed by atoms with E-state index in [1.54, 1.807) is 0 Å². The molecule has 2 aromatic carbocycles. The number of carbonyl (C=O) groups is 1. The lowest BCUT2D eigenvalue weighted by molar-refractivity contribution is 0.103. The maximum atomic E-state index is 12.6. The molecule has 2 heteroatoms. The van der Waals surface area contributed by atoms with E-state index in [2.05, 4.69) is 23.1 Å². The summed E-state index contributed by atoms with van der Waals surface area (Å²) < 4.78 is 0. The molecule has 2 nitrogen and oxygen atoms in total. The molecular weight excluding hydrogens is 258 g/mol. The van der Waals surface area contributed by atoms with Gasteiger partial charge in [-0.15, -0.1) is 0 Å². The largest absolute Gasteiger partial charge is 0.299 e. The van der Waals surface area contributed by atoms with Gasteiger partial charge in [0.15, 0.2) is 5.78 Å². The number of nitrogens with zero attached hydrogens (tertiary/aromatic N) is 1. The Balaban J connectivity index is 1.77. The van der Waals surface area contributed by atoms with Crippen LogP contribution in [-0.4, -0.2) is 23.8 Å². The van der Waals surface area contributed by atoms with Crippen LogP contribution in [0.25, 0.3) is 0 Å². The van der Waals surface area contributed by atoms with Gasteiger partial charge in [-0.2, -0.15) is 0 Å². The summed E-state index contributed by atoms with van der Waals surface area (Å²) in [5.74, 6) is 0.114. The van der Waals surface area contributed by atoms with Gasteiger partial charge in [0.05, 0.1) is 0 Å². The van der Waals surface area contributed by atoms with Gasteiger partial charge >= 0.3 is 0 Å². The Morgan fingerprint density at radius 1 is 1.05 bits per heavy atom. The van der Waals surface area contributed by atoms with Crippen LogP contribution >= 0.6 is 0 Å². The van der Waals surface area contributed by atoms with Gasteiger partial charge in [0, 0.05) is 17.7 Å². The minimum Gasteiger partial charge on any atom is -0.299 e. The average molecular weight is 279 g/mol. The summed E-state index contributed by atoms with van der Waals surface area (Å²) in [6, 6.07) is 14.1. The molecule has 108 valence electrons. The first-order chi connectivity index (χ1) is 10.1. The van der Waals surface area contributed by atoms with Gasteiger partial charge in [0.25, 0.3) is 0 Å². The molecule has 0 N–H and O–H groups in total. The van der Waals surface area contributed by atoms with Crippen molar-refractivity contribution < 1.29 is 4.79 Å². The highest BCUT2D eigenvalue weighted by Crippen LogP contribution is 2.18. The molecule has 1 aliphatic heterocycles. The van der Waals surface area contributed by atoms with Gasteiger partial charge in [0.1, 0.15) is 0 Å².